The Kier molecular flexibility index (Phi) is 5.92. The lowest BCUT2D eigenvalue weighted by Gasteiger charge is -2.37. The number of hydrogen-bond donors (Lipinski definition) is 0. The number of benzene rings is 2. The fourth-order valence-corrected chi connectivity index (χ4v) is 5.43. The number of hydrogen-bond acceptors (Lipinski definition) is 5. The van der Waals surface area contributed by atoms with Crippen molar-refractivity contribution in [2.45, 2.75) is 13.0 Å². The summed E-state index contributed by atoms with van der Waals surface area (Å²) in [6.45, 7) is 5.71. The Hall–Kier alpha value is -2.64. The van der Waals surface area contributed by atoms with E-state index in [2.05, 4.69) is 34.9 Å². The number of nitrogens with zero attached hydrogens (tertiary/aromatic N) is 3. The molecule has 2 aromatic carbocycles. The number of sulfone groups is 1. The van der Waals surface area contributed by atoms with E-state index in [4.69, 9.17) is 0 Å². The van der Waals surface area contributed by atoms with Gasteiger partial charge in [0.1, 0.15) is 0 Å². The highest BCUT2D eigenvalue weighted by Gasteiger charge is 2.32. The van der Waals surface area contributed by atoms with Crippen LogP contribution in [0, 0.1) is 6.92 Å². The normalized spacial score (nSPS) is 21.0. The zero-order chi connectivity index (χ0) is 21.1. The molecule has 1 fully saturated rings. The van der Waals surface area contributed by atoms with E-state index in [0.717, 1.165) is 31.9 Å². The lowest BCUT2D eigenvalue weighted by molar-refractivity contribution is -0.120. The summed E-state index contributed by atoms with van der Waals surface area (Å²) < 4.78 is 23.9. The van der Waals surface area contributed by atoms with Gasteiger partial charge in [-0.25, -0.2) is 8.42 Å². The van der Waals surface area contributed by atoms with Crippen molar-refractivity contribution >= 4 is 27.1 Å². The molecule has 1 atom stereocenters. The predicted molar refractivity (Wildman–Crippen MR) is 120 cm³/mol. The average molecular weight is 426 g/mol. The van der Waals surface area contributed by atoms with Crippen LogP contribution >= 0.6 is 0 Å². The molecule has 0 unspecified atom stereocenters. The van der Waals surface area contributed by atoms with Crippen LogP contribution in [0.4, 0.5) is 11.4 Å². The molecule has 4 rings (SSSR count). The van der Waals surface area contributed by atoms with Crippen molar-refractivity contribution in [3.8, 4) is 0 Å². The Morgan fingerprint density at radius 2 is 1.67 bits per heavy atom. The van der Waals surface area contributed by atoms with Gasteiger partial charge in [0.15, 0.2) is 9.84 Å². The van der Waals surface area contributed by atoms with Gasteiger partial charge < -0.3 is 9.80 Å². The third-order valence-electron chi connectivity index (χ3n) is 5.73. The topological polar surface area (TPSA) is 60.9 Å². The molecular weight excluding hydrogens is 398 g/mol. The zero-order valence-corrected chi connectivity index (χ0v) is 18.0. The maximum atomic E-state index is 13.3. The number of carbonyl (C=O) groups excluding carboxylic acids is 1. The highest BCUT2D eigenvalue weighted by molar-refractivity contribution is 7.94. The first kappa shape index (κ1) is 20.6. The molecule has 0 aromatic heterocycles. The van der Waals surface area contributed by atoms with Crippen molar-refractivity contribution in [2.24, 2.45) is 0 Å². The Bertz CT molecular complexity index is 1030. The fourth-order valence-electron chi connectivity index (χ4n) is 4.16. The van der Waals surface area contributed by atoms with Crippen LogP contribution in [0.3, 0.4) is 0 Å². The smallest absolute Gasteiger partial charge is 0.241 e. The molecule has 2 aliphatic heterocycles. The fraction of sp³-hybridized carbons (Fsp3) is 0.348. The molecule has 0 radical (unpaired) electrons. The molecular formula is C23H27N3O3S. The number of piperazine rings is 1. The van der Waals surface area contributed by atoms with Crippen LogP contribution in [0.2, 0.25) is 0 Å². The minimum atomic E-state index is -3.25. The third kappa shape index (κ3) is 4.57. The number of aryl methyl sites for hydroxylation is 1. The van der Waals surface area contributed by atoms with E-state index in [1.807, 2.05) is 36.4 Å². The Balaban J connectivity index is 1.44. The molecule has 1 amide bonds. The van der Waals surface area contributed by atoms with Crippen LogP contribution in [-0.2, 0) is 14.6 Å². The van der Waals surface area contributed by atoms with E-state index in [-0.39, 0.29) is 18.2 Å². The first-order chi connectivity index (χ1) is 14.4. The van der Waals surface area contributed by atoms with Crippen LogP contribution in [0.5, 0.6) is 0 Å². The van der Waals surface area contributed by atoms with E-state index in [1.54, 1.807) is 11.0 Å². The van der Waals surface area contributed by atoms with E-state index in [0.29, 0.717) is 0 Å². The maximum absolute atomic E-state index is 13.3. The number of rotatable bonds is 5. The zero-order valence-electron chi connectivity index (χ0n) is 17.1. The van der Waals surface area contributed by atoms with E-state index >= 15 is 0 Å². The van der Waals surface area contributed by atoms with Gasteiger partial charge in [0.25, 0.3) is 0 Å². The van der Waals surface area contributed by atoms with Gasteiger partial charge in [0.2, 0.25) is 5.91 Å². The molecule has 1 saturated heterocycles. The quantitative estimate of drug-likeness (QED) is 0.737. The van der Waals surface area contributed by atoms with Crippen molar-refractivity contribution in [1.29, 1.82) is 0 Å². The van der Waals surface area contributed by atoms with Gasteiger partial charge in [-0.15, -0.1) is 0 Å². The number of carbonyl (C=O) groups is 1. The van der Waals surface area contributed by atoms with Crippen LogP contribution < -0.4 is 9.80 Å². The largest absolute Gasteiger partial charge is 0.369 e. The van der Waals surface area contributed by atoms with Crippen molar-refractivity contribution in [3.05, 3.63) is 71.6 Å². The van der Waals surface area contributed by atoms with Crippen molar-refractivity contribution in [2.75, 3.05) is 48.3 Å². The lowest BCUT2D eigenvalue weighted by Crippen LogP contribution is -2.52. The molecule has 30 heavy (non-hydrogen) atoms. The summed E-state index contributed by atoms with van der Waals surface area (Å²) in [5.41, 5.74) is 3.23. The van der Waals surface area contributed by atoms with Gasteiger partial charge in [-0.3, -0.25) is 9.69 Å². The Labute approximate surface area is 178 Å². The molecule has 6 nitrogen and oxygen atoms in total. The molecule has 2 aromatic rings. The van der Waals surface area contributed by atoms with Crippen molar-refractivity contribution < 1.29 is 13.2 Å². The standard InChI is InChI=1S/C23H27N3O3S/c1-19-7-5-6-10-22(19)25-14-12-24(13-15-25)17-23(27)26(20-8-3-2-4-9-20)21-11-16-30(28,29)18-21/h2-11,16,21H,12-15,17-18H2,1H3/t21-/m0/s1. The summed E-state index contributed by atoms with van der Waals surface area (Å²) in [6, 6.07) is 17.2. The molecule has 0 bridgehead atoms. The summed E-state index contributed by atoms with van der Waals surface area (Å²) in [5.74, 6) is -0.133. The Morgan fingerprint density at radius 1 is 1.00 bits per heavy atom. The summed E-state index contributed by atoms with van der Waals surface area (Å²) >= 11 is 0. The molecule has 0 aliphatic carbocycles. The second-order valence-corrected chi connectivity index (χ2v) is 9.81. The van der Waals surface area contributed by atoms with Gasteiger partial charge in [0.05, 0.1) is 18.3 Å². The predicted octanol–water partition coefficient (Wildman–Crippen LogP) is 2.46. The van der Waals surface area contributed by atoms with E-state index in [9.17, 15) is 13.2 Å². The summed E-state index contributed by atoms with van der Waals surface area (Å²) in [5, 5.41) is 1.22. The minimum Gasteiger partial charge on any atom is -0.369 e. The van der Waals surface area contributed by atoms with Crippen LogP contribution in [0.15, 0.2) is 66.1 Å². The first-order valence-electron chi connectivity index (χ1n) is 10.2. The molecule has 7 heteroatoms. The van der Waals surface area contributed by atoms with Crippen LogP contribution in [0.1, 0.15) is 5.56 Å². The summed E-state index contributed by atoms with van der Waals surface area (Å²) in [7, 11) is -3.25. The van der Waals surface area contributed by atoms with Gasteiger partial charge >= 0.3 is 0 Å². The summed E-state index contributed by atoms with van der Waals surface area (Å²) in [6.07, 6.45) is 1.62. The highest BCUT2D eigenvalue weighted by Crippen LogP contribution is 2.24. The Morgan fingerprint density at radius 3 is 2.30 bits per heavy atom. The van der Waals surface area contributed by atoms with Gasteiger partial charge in [0, 0.05) is 43.0 Å². The molecule has 0 N–H and O–H groups in total. The highest BCUT2D eigenvalue weighted by atomic mass is 32.2. The first-order valence-corrected chi connectivity index (χ1v) is 12.0. The van der Waals surface area contributed by atoms with Gasteiger partial charge in [-0.2, -0.15) is 0 Å². The minimum absolute atomic E-state index is 0.0608. The monoisotopic (exact) mass is 425 g/mol. The second kappa shape index (κ2) is 8.62. The van der Waals surface area contributed by atoms with E-state index in [1.165, 1.54) is 16.7 Å². The molecule has 0 saturated carbocycles. The van der Waals surface area contributed by atoms with Crippen LogP contribution in [-0.4, -0.2) is 63.7 Å². The SMILES string of the molecule is Cc1ccccc1N1CCN(CC(=O)N(c2ccccc2)[C@H]2C=CS(=O)(=O)C2)CC1. The molecule has 2 aliphatic rings. The van der Waals surface area contributed by atoms with Crippen LogP contribution in [0.25, 0.3) is 0 Å². The maximum Gasteiger partial charge on any atom is 0.241 e. The van der Waals surface area contributed by atoms with Gasteiger partial charge in [-0.05, 0) is 36.8 Å². The number of para-hydroxylation sites is 2. The second-order valence-electron chi connectivity index (χ2n) is 7.87. The number of amides is 1. The average Bonchev–Trinajstić information content (AvgIpc) is 3.09. The van der Waals surface area contributed by atoms with Gasteiger partial charge in [-0.1, -0.05) is 36.4 Å². The van der Waals surface area contributed by atoms with E-state index < -0.39 is 15.9 Å². The lowest BCUT2D eigenvalue weighted by atomic mass is 10.1. The summed E-state index contributed by atoms with van der Waals surface area (Å²) in [4.78, 5) is 19.4. The molecule has 158 valence electrons. The van der Waals surface area contributed by atoms with Crippen molar-refractivity contribution in [1.82, 2.24) is 4.90 Å². The third-order valence-corrected chi connectivity index (χ3v) is 7.11. The molecule has 0 spiro atoms. The van der Waals surface area contributed by atoms with Crippen molar-refractivity contribution in [3.63, 3.8) is 0 Å². The number of anilines is 2. The molecule has 2 heterocycles.